The lowest BCUT2D eigenvalue weighted by Crippen LogP contribution is -2.71. The maximum Gasteiger partial charge on any atom is 0.449 e. The molecule has 0 aliphatic carbocycles. The summed E-state index contributed by atoms with van der Waals surface area (Å²) in [5.41, 5.74) is 13.2. The van der Waals surface area contributed by atoms with Gasteiger partial charge in [-0.15, -0.1) is 0 Å². The summed E-state index contributed by atoms with van der Waals surface area (Å²) in [5, 5.41) is 24.1. The van der Waals surface area contributed by atoms with E-state index in [4.69, 9.17) is 22.7 Å². The number of quaternary nitrogens is 1. The lowest BCUT2D eigenvalue weighted by atomic mass is 9.90. The number of aryl methyl sites for hydroxylation is 2. The van der Waals surface area contributed by atoms with Gasteiger partial charge < -0.3 is 26.5 Å². The number of nitrogens with two attached hydrogens (primary N) is 1. The van der Waals surface area contributed by atoms with Crippen molar-refractivity contribution in [3.05, 3.63) is 88.7 Å². The largest absolute Gasteiger partial charge is 0.462 e. The molecule has 1 fully saturated rings. The number of anilines is 1. The van der Waals surface area contributed by atoms with Crippen LogP contribution < -0.4 is 26.4 Å². The SMILES string of the molecule is Cc1nc2ccc([N+]3(NC(=O)O)CCC(NC(=O)Nc4cccc(Cl)c4)CC3CCc3ccc(C(=N)N)cc3)cc2[nH]1. The number of aromatic nitrogens is 2. The van der Waals surface area contributed by atoms with E-state index in [-0.39, 0.29) is 28.5 Å². The first-order valence-corrected chi connectivity index (χ1v) is 14.1. The quantitative estimate of drug-likeness (QED) is 0.0840. The van der Waals surface area contributed by atoms with Crippen molar-refractivity contribution in [2.45, 2.75) is 44.7 Å². The van der Waals surface area contributed by atoms with E-state index in [1.807, 2.05) is 49.4 Å². The van der Waals surface area contributed by atoms with Gasteiger partial charge in [0.05, 0.1) is 11.0 Å². The van der Waals surface area contributed by atoms with Gasteiger partial charge in [-0.3, -0.25) is 5.41 Å². The second-order valence-electron chi connectivity index (χ2n) is 10.7. The van der Waals surface area contributed by atoms with Crippen molar-refractivity contribution in [1.29, 1.82) is 5.41 Å². The molecule has 1 aromatic heterocycles. The lowest BCUT2D eigenvalue weighted by molar-refractivity contribution is 0.0685. The Kier molecular flexibility index (Phi) is 8.32. The molecule has 3 amide bonds. The highest BCUT2D eigenvalue weighted by Crippen LogP contribution is 2.35. The number of aromatic amines is 1. The van der Waals surface area contributed by atoms with E-state index in [0.29, 0.717) is 48.5 Å². The number of carboxylic acid groups (broad SMARTS) is 1. The molecular weight excluding hydrogens is 556 g/mol. The molecule has 42 heavy (non-hydrogen) atoms. The van der Waals surface area contributed by atoms with Crippen LogP contribution in [-0.2, 0) is 6.42 Å². The number of hydrogen-bond acceptors (Lipinski definition) is 4. The number of H-pyrrole nitrogens is 1. The Balaban J connectivity index is 1.43. The smallest absolute Gasteiger partial charge is 0.449 e. The highest BCUT2D eigenvalue weighted by Gasteiger charge is 2.47. The van der Waals surface area contributed by atoms with Crippen LogP contribution in [0.4, 0.5) is 21.0 Å². The first-order valence-electron chi connectivity index (χ1n) is 13.7. The van der Waals surface area contributed by atoms with Gasteiger partial charge in [0.25, 0.3) is 0 Å². The molecule has 2 heterocycles. The number of hydrogen-bond donors (Lipinski definition) is 7. The number of nitrogens with one attached hydrogen (secondary N) is 5. The molecule has 1 aliphatic rings. The van der Waals surface area contributed by atoms with Gasteiger partial charge in [-0.1, -0.05) is 41.9 Å². The monoisotopic (exact) mass is 589 g/mol. The van der Waals surface area contributed by atoms with E-state index >= 15 is 0 Å². The number of piperidine rings is 1. The van der Waals surface area contributed by atoms with Crippen LogP contribution >= 0.6 is 11.6 Å². The standard InChI is InChI=1S/C30H33ClN8O3/c1-18-34-26-12-11-25(17-27(26)35-18)39(38-30(41)42)14-13-23(37-29(40)36-22-4-2-3-21(31)15-22)16-24(39)10-7-19-5-8-20(9-6-19)28(32)33/h2-6,8-9,11-12,15,17,23-24,38H,7,10,13-14,16H2,1H3,(H6-,32,33,34,35,36,37,40,41,42)/p+1. The zero-order valence-electron chi connectivity index (χ0n) is 23.2. The van der Waals surface area contributed by atoms with Crippen LogP contribution in [-0.4, -0.2) is 51.7 Å². The van der Waals surface area contributed by atoms with Crippen molar-refractivity contribution in [3.63, 3.8) is 0 Å². The number of rotatable bonds is 8. The molecule has 11 nitrogen and oxygen atoms in total. The van der Waals surface area contributed by atoms with E-state index < -0.39 is 6.09 Å². The molecule has 4 aromatic rings. The van der Waals surface area contributed by atoms with Crippen molar-refractivity contribution in [3.8, 4) is 0 Å². The van der Waals surface area contributed by atoms with Gasteiger partial charge in [0.1, 0.15) is 24.2 Å². The number of fused-ring (bicyclic) bond motifs is 1. The maximum atomic E-state index is 12.9. The Morgan fingerprint density at radius 3 is 2.67 bits per heavy atom. The number of urea groups is 1. The number of nitrogen functional groups attached to an aromatic ring is 1. The van der Waals surface area contributed by atoms with E-state index in [1.54, 1.807) is 24.3 Å². The van der Waals surface area contributed by atoms with Crippen LogP contribution in [0.25, 0.3) is 11.0 Å². The highest BCUT2D eigenvalue weighted by atomic mass is 35.5. The molecule has 5 rings (SSSR count). The van der Waals surface area contributed by atoms with E-state index in [0.717, 1.165) is 28.1 Å². The molecule has 0 saturated carbocycles. The third kappa shape index (κ3) is 6.48. The third-order valence-electron chi connectivity index (χ3n) is 7.80. The molecule has 12 heteroatoms. The number of halogens is 1. The summed E-state index contributed by atoms with van der Waals surface area (Å²) in [5.74, 6) is 0.781. The first kappa shape index (κ1) is 28.9. The summed E-state index contributed by atoms with van der Waals surface area (Å²) in [6.45, 7) is 2.31. The molecule has 1 saturated heterocycles. The number of amidine groups is 1. The molecule has 0 radical (unpaired) electrons. The summed E-state index contributed by atoms with van der Waals surface area (Å²) in [4.78, 5) is 32.9. The maximum absolute atomic E-state index is 12.9. The first-order chi connectivity index (χ1) is 20.1. The fourth-order valence-electron chi connectivity index (χ4n) is 5.84. The summed E-state index contributed by atoms with van der Waals surface area (Å²) < 4.78 is 0.0168. The van der Waals surface area contributed by atoms with Gasteiger partial charge in [-0.05, 0) is 43.2 Å². The predicted octanol–water partition coefficient (Wildman–Crippen LogP) is 5.28. The normalized spacial score (nSPS) is 20.1. The van der Waals surface area contributed by atoms with Crippen LogP contribution in [0, 0.1) is 12.3 Å². The van der Waals surface area contributed by atoms with Crippen molar-refractivity contribution < 1.29 is 14.7 Å². The lowest BCUT2D eigenvalue weighted by Gasteiger charge is -2.47. The number of carbonyl (C=O) groups excluding carboxylic acids is 1. The average molecular weight is 590 g/mol. The second-order valence-corrected chi connectivity index (χ2v) is 11.1. The Labute approximate surface area is 248 Å². The molecule has 0 spiro atoms. The van der Waals surface area contributed by atoms with Gasteiger partial charge in [0.2, 0.25) is 0 Å². The fourth-order valence-corrected chi connectivity index (χ4v) is 6.03. The van der Waals surface area contributed by atoms with E-state index in [2.05, 4.69) is 26.0 Å². The molecule has 218 valence electrons. The van der Waals surface area contributed by atoms with Crippen LogP contribution in [0.5, 0.6) is 0 Å². The minimum atomic E-state index is -1.13. The molecule has 3 aromatic carbocycles. The number of nitrogens with zero attached hydrogens (tertiary/aromatic N) is 2. The third-order valence-corrected chi connectivity index (χ3v) is 8.03. The number of carbonyl (C=O) groups is 2. The molecule has 8 N–H and O–H groups in total. The van der Waals surface area contributed by atoms with Crippen molar-refractivity contribution in [2.24, 2.45) is 5.73 Å². The van der Waals surface area contributed by atoms with Crippen LogP contribution in [0.15, 0.2) is 66.7 Å². The number of amides is 3. The van der Waals surface area contributed by atoms with E-state index in [1.165, 1.54) is 0 Å². The molecule has 0 bridgehead atoms. The minimum absolute atomic E-state index is 0.00424. The molecule has 3 atom stereocenters. The van der Waals surface area contributed by atoms with Gasteiger partial charge in [0, 0.05) is 53.7 Å². The van der Waals surface area contributed by atoms with Crippen molar-refractivity contribution >= 4 is 52.0 Å². The Bertz CT molecular complexity index is 1620. The zero-order valence-corrected chi connectivity index (χ0v) is 23.9. The number of imidazole rings is 1. The molecule has 3 unspecified atom stereocenters. The van der Waals surface area contributed by atoms with Gasteiger partial charge >= 0.3 is 12.1 Å². The minimum Gasteiger partial charge on any atom is -0.462 e. The zero-order chi connectivity index (χ0) is 29.9. The van der Waals surface area contributed by atoms with Crippen molar-refractivity contribution in [1.82, 2.24) is 25.3 Å². The molecular formula is C30H34ClN8O3+. The Hall–Kier alpha value is -4.61. The Morgan fingerprint density at radius 2 is 1.95 bits per heavy atom. The van der Waals surface area contributed by atoms with Crippen molar-refractivity contribution in [2.75, 3.05) is 11.9 Å². The van der Waals surface area contributed by atoms with Crippen LogP contribution in [0.1, 0.15) is 36.2 Å². The summed E-state index contributed by atoms with van der Waals surface area (Å²) in [6.07, 6.45) is 1.25. The predicted molar refractivity (Wildman–Crippen MR) is 165 cm³/mol. The van der Waals surface area contributed by atoms with E-state index in [9.17, 15) is 14.7 Å². The average Bonchev–Trinajstić information content (AvgIpc) is 3.32. The van der Waals surface area contributed by atoms with Gasteiger partial charge in [0.15, 0.2) is 5.69 Å². The van der Waals surface area contributed by atoms with Gasteiger partial charge in [-0.25, -0.2) is 14.6 Å². The fraction of sp³-hybridized carbons (Fsp3) is 0.267. The number of benzene rings is 3. The summed E-state index contributed by atoms with van der Waals surface area (Å²) in [7, 11) is 0. The van der Waals surface area contributed by atoms with Gasteiger partial charge in [-0.2, -0.15) is 10.0 Å². The summed E-state index contributed by atoms with van der Waals surface area (Å²) >= 11 is 6.07. The second kappa shape index (κ2) is 12.1. The summed E-state index contributed by atoms with van der Waals surface area (Å²) in [6, 6.07) is 19.5. The topological polar surface area (TPSA) is 169 Å². The van der Waals surface area contributed by atoms with Crippen LogP contribution in [0.3, 0.4) is 0 Å². The Morgan fingerprint density at radius 1 is 1.17 bits per heavy atom. The van der Waals surface area contributed by atoms with Crippen LogP contribution in [0.2, 0.25) is 5.02 Å². The highest BCUT2D eigenvalue weighted by molar-refractivity contribution is 6.30. The molecule has 1 aliphatic heterocycles.